The molecular weight excluding hydrogens is 369 g/mol. The largest absolute Gasteiger partial charge is 0.492 e. The SMILES string of the molecule is CN(C)Cc1cc(C#N)ccc1OCCN(C)Cc1ccccc1.Cl.Cl. The molecule has 6 heteroatoms. The van der Waals surface area contributed by atoms with Crippen LogP contribution >= 0.6 is 24.8 Å². The Kier molecular flexibility index (Phi) is 11.7. The Labute approximate surface area is 169 Å². The zero-order valence-corrected chi connectivity index (χ0v) is 17.1. The van der Waals surface area contributed by atoms with E-state index in [1.165, 1.54) is 5.56 Å². The molecule has 2 aromatic rings. The summed E-state index contributed by atoms with van der Waals surface area (Å²) in [6.07, 6.45) is 0. The lowest BCUT2D eigenvalue weighted by Gasteiger charge is -2.19. The average Bonchev–Trinajstić information content (AvgIpc) is 2.56. The van der Waals surface area contributed by atoms with Crippen molar-refractivity contribution in [3.05, 3.63) is 65.2 Å². The Bertz CT molecular complexity index is 687. The van der Waals surface area contributed by atoms with Crippen molar-refractivity contribution >= 4 is 24.8 Å². The molecule has 0 saturated carbocycles. The van der Waals surface area contributed by atoms with Crippen molar-refractivity contribution in [2.75, 3.05) is 34.3 Å². The standard InChI is InChI=1S/C20H25N3O.2ClH/c1-22(2)16-19-13-18(14-21)9-10-20(19)24-12-11-23(3)15-17-7-5-4-6-8-17;;/h4-10,13H,11-12,15-16H2,1-3H3;2*1H. The van der Waals surface area contributed by atoms with Gasteiger partial charge in [0.25, 0.3) is 0 Å². The molecule has 0 bridgehead atoms. The van der Waals surface area contributed by atoms with E-state index in [4.69, 9.17) is 10.00 Å². The molecule has 0 aromatic heterocycles. The molecule has 2 rings (SSSR count). The normalized spacial score (nSPS) is 10.0. The molecular formula is C20H27Cl2N3O. The van der Waals surface area contributed by atoms with E-state index < -0.39 is 0 Å². The van der Waals surface area contributed by atoms with E-state index in [2.05, 4.69) is 47.2 Å². The van der Waals surface area contributed by atoms with Crippen LogP contribution in [-0.4, -0.2) is 44.1 Å². The summed E-state index contributed by atoms with van der Waals surface area (Å²) in [4.78, 5) is 4.31. The highest BCUT2D eigenvalue weighted by Gasteiger charge is 2.08. The topological polar surface area (TPSA) is 39.5 Å². The van der Waals surface area contributed by atoms with Crippen molar-refractivity contribution < 1.29 is 4.74 Å². The monoisotopic (exact) mass is 395 g/mol. The van der Waals surface area contributed by atoms with Crippen LogP contribution in [0.25, 0.3) is 0 Å². The van der Waals surface area contributed by atoms with E-state index in [0.717, 1.165) is 30.9 Å². The van der Waals surface area contributed by atoms with Crippen molar-refractivity contribution in [1.82, 2.24) is 9.80 Å². The van der Waals surface area contributed by atoms with Gasteiger partial charge in [-0.25, -0.2) is 0 Å². The van der Waals surface area contributed by atoms with Crippen molar-refractivity contribution in [3.8, 4) is 11.8 Å². The van der Waals surface area contributed by atoms with Crippen LogP contribution in [-0.2, 0) is 13.1 Å². The highest BCUT2D eigenvalue weighted by Crippen LogP contribution is 2.21. The summed E-state index contributed by atoms with van der Waals surface area (Å²) in [7, 11) is 6.11. The van der Waals surface area contributed by atoms with E-state index in [0.29, 0.717) is 12.2 Å². The zero-order valence-electron chi connectivity index (χ0n) is 15.5. The van der Waals surface area contributed by atoms with Gasteiger partial charge < -0.3 is 9.64 Å². The fourth-order valence-electron chi connectivity index (χ4n) is 2.54. The molecule has 0 radical (unpaired) electrons. The molecule has 0 aliphatic heterocycles. The Morgan fingerprint density at radius 3 is 2.27 bits per heavy atom. The van der Waals surface area contributed by atoms with Crippen LogP contribution in [0.3, 0.4) is 0 Å². The number of hydrogen-bond donors (Lipinski definition) is 0. The number of rotatable bonds is 8. The van der Waals surface area contributed by atoms with E-state index in [1.54, 1.807) is 0 Å². The molecule has 4 nitrogen and oxygen atoms in total. The first-order chi connectivity index (χ1) is 11.6. The smallest absolute Gasteiger partial charge is 0.123 e. The predicted octanol–water partition coefficient (Wildman–Crippen LogP) is 3.97. The van der Waals surface area contributed by atoms with Crippen molar-refractivity contribution in [3.63, 3.8) is 0 Å². The second-order valence-electron chi connectivity index (χ2n) is 6.24. The van der Waals surface area contributed by atoms with Gasteiger partial charge in [0, 0.05) is 25.2 Å². The second-order valence-corrected chi connectivity index (χ2v) is 6.24. The fourth-order valence-corrected chi connectivity index (χ4v) is 2.54. The number of hydrogen-bond acceptors (Lipinski definition) is 4. The summed E-state index contributed by atoms with van der Waals surface area (Å²) < 4.78 is 5.97. The maximum absolute atomic E-state index is 9.06. The number of likely N-dealkylation sites (N-methyl/N-ethyl adjacent to an activating group) is 1. The molecule has 0 N–H and O–H groups in total. The van der Waals surface area contributed by atoms with Gasteiger partial charge in [0.2, 0.25) is 0 Å². The van der Waals surface area contributed by atoms with Gasteiger partial charge in [0.1, 0.15) is 12.4 Å². The van der Waals surface area contributed by atoms with Crippen LogP contribution in [0.15, 0.2) is 48.5 Å². The number of nitrogens with zero attached hydrogens (tertiary/aromatic N) is 3. The van der Waals surface area contributed by atoms with Crippen LogP contribution < -0.4 is 4.74 Å². The highest BCUT2D eigenvalue weighted by molar-refractivity contribution is 5.85. The van der Waals surface area contributed by atoms with Crippen molar-refractivity contribution in [2.45, 2.75) is 13.1 Å². The molecule has 0 saturated heterocycles. The Balaban J connectivity index is 0.00000312. The average molecular weight is 396 g/mol. The quantitative estimate of drug-likeness (QED) is 0.677. The van der Waals surface area contributed by atoms with Crippen molar-refractivity contribution in [1.29, 1.82) is 5.26 Å². The van der Waals surface area contributed by atoms with Gasteiger partial charge in [-0.2, -0.15) is 5.26 Å². The molecule has 0 fully saturated rings. The minimum Gasteiger partial charge on any atom is -0.492 e. The van der Waals surface area contributed by atoms with Crippen LogP contribution in [0.4, 0.5) is 0 Å². The van der Waals surface area contributed by atoms with Crippen molar-refractivity contribution in [2.24, 2.45) is 0 Å². The Morgan fingerprint density at radius 1 is 0.962 bits per heavy atom. The third kappa shape index (κ3) is 8.07. The van der Waals surface area contributed by atoms with Gasteiger partial charge in [-0.1, -0.05) is 30.3 Å². The number of nitriles is 1. The number of benzene rings is 2. The first kappa shape index (κ1) is 24.2. The van der Waals surface area contributed by atoms with Gasteiger partial charge in [0.05, 0.1) is 11.6 Å². The zero-order chi connectivity index (χ0) is 17.4. The van der Waals surface area contributed by atoms with Crippen LogP contribution in [0.5, 0.6) is 5.75 Å². The summed E-state index contributed by atoms with van der Waals surface area (Å²) in [6.45, 7) is 3.12. The number of ether oxygens (including phenoxy) is 1. The third-order valence-electron chi connectivity index (χ3n) is 3.70. The molecule has 0 aliphatic rings. The molecule has 0 spiro atoms. The molecule has 0 amide bonds. The lowest BCUT2D eigenvalue weighted by molar-refractivity contribution is 0.229. The minimum atomic E-state index is 0. The van der Waals surface area contributed by atoms with Gasteiger partial charge in [-0.05, 0) is 44.9 Å². The number of halogens is 2. The van der Waals surface area contributed by atoms with Gasteiger partial charge >= 0.3 is 0 Å². The lowest BCUT2D eigenvalue weighted by atomic mass is 10.1. The molecule has 2 aromatic carbocycles. The summed E-state index contributed by atoms with van der Waals surface area (Å²) in [6, 6.07) is 18.2. The maximum atomic E-state index is 9.06. The maximum Gasteiger partial charge on any atom is 0.123 e. The summed E-state index contributed by atoms with van der Waals surface area (Å²) in [5.74, 6) is 0.857. The van der Waals surface area contributed by atoms with Crippen LogP contribution in [0, 0.1) is 11.3 Å². The molecule has 0 aliphatic carbocycles. The lowest BCUT2D eigenvalue weighted by Crippen LogP contribution is -2.24. The summed E-state index contributed by atoms with van der Waals surface area (Å²) in [5, 5.41) is 9.06. The summed E-state index contributed by atoms with van der Waals surface area (Å²) in [5.41, 5.74) is 3.01. The Morgan fingerprint density at radius 2 is 1.65 bits per heavy atom. The highest BCUT2D eigenvalue weighted by atomic mass is 35.5. The Hall–Kier alpha value is -1.77. The molecule has 0 heterocycles. The summed E-state index contributed by atoms with van der Waals surface area (Å²) >= 11 is 0. The first-order valence-electron chi connectivity index (χ1n) is 8.11. The van der Waals surface area contributed by atoms with Gasteiger partial charge in [-0.3, -0.25) is 4.90 Å². The molecule has 0 atom stereocenters. The minimum absolute atomic E-state index is 0. The van der Waals surface area contributed by atoms with Crippen LogP contribution in [0.1, 0.15) is 16.7 Å². The third-order valence-corrected chi connectivity index (χ3v) is 3.70. The first-order valence-corrected chi connectivity index (χ1v) is 8.11. The van der Waals surface area contributed by atoms with E-state index in [1.807, 2.05) is 38.4 Å². The predicted molar refractivity (Wildman–Crippen MR) is 111 cm³/mol. The van der Waals surface area contributed by atoms with E-state index >= 15 is 0 Å². The molecule has 142 valence electrons. The molecule has 26 heavy (non-hydrogen) atoms. The van der Waals surface area contributed by atoms with Gasteiger partial charge in [-0.15, -0.1) is 24.8 Å². The van der Waals surface area contributed by atoms with E-state index in [9.17, 15) is 0 Å². The van der Waals surface area contributed by atoms with Crippen LogP contribution in [0.2, 0.25) is 0 Å². The fraction of sp³-hybridized carbons (Fsp3) is 0.350. The van der Waals surface area contributed by atoms with E-state index in [-0.39, 0.29) is 24.8 Å². The molecule has 0 unspecified atom stereocenters. The second kappa shape index (κ2) is 12.6. The van der Waals surface area contributed by atoms with Gasteiger partial charge in [0.15, 0.2) is 0 Å².